The SMILES string of the molecule is C#CCN(CC(=O)O)c1nnc(C)c(C)c1C#N. The lowest BCUT2D eigenvalue weighted by Crippen LogP contribution is -2.32. The lowest BCUT2D eigenvalue weighted by atomic mass is 10.1. The number of rotatable bonds is 4. The maximum absolute atomic E-state index is 10.8. The Morgan fingerprint density at radius 1 is 1.50 bits per heavy atom. The van der Waals surface area contributed by atoms with E-state index in [2.05, 4.69) is 16.1 Å². The van der Waals surface area contributed by atoms with Crippen LogP contribution in [0.2, 0.25) is 0 Å². The minimum Gasteiger partial charge on any atom is -0.480 e. The zero-order chi connectivity index (χ0) is 13.7. The largest absolute Gasteiger partial charge is 0.480 e. The van der Waals surface area contributed by atoms with Gasteiger partial charge >= 0.3 is 5.97 Å². The fraction of sp³-hybridized carbons (Fsp3) is 0.333. The third-order valence-electron chi connectivity index (χ3n) is 2.46. The molecule has 0 radical (unpaired) electrons. The fourth-order valence-electron chi connectivity index (χ4n) is 1.43. The molecule has 0 bridgehead atoms. The average Bonchev–Trinajstić information content (AvgIpc) is 2.31. The van der Waals surface area contributed by atoms with Crippen LogP contribution in [0.5, 0.6) is 0 Å². The number of carboxylic acid groups (broad SMARTS) is 1. The molecule has 6 nitrogen and oxygen atoms in total. The van der Waals surface area contributed by atoms with Gasteiger partial charge in [0.2, 0.25) is 0 Å². The van der Waals surface area contributed by atoms with E-state index in [1.54, 1.807) is 13.8 Å². The number of aryl methyl sites for hydroxylation is 1. The van der Waals surface area contributed by atoms with Crippen molar-refractivity contribution in [3.63, 3.8) is 0 Å². The molecule has 0 aliphatic rings. The number of hydrogen-bond acceptors (Lipinski definition) is 5. The maximum Gasteiger partial charge on any atom is 0.323 e. The van der Waals surface area contributed by atoms with Crippen molar-refractivity contribution in [3.8, 4) is 18.4 Å². The lowest BCUT2D eigenvalue weighted by Gasteiger charge is -2.20. The molecule has 0 spiro atoms. The minimum atomic E-state index is -1.05. The number of terminal acetylenes is 1. The van der Waals surface area contributed by atoms with Gasteiger partial charge < -0.3 is 10.0 Å². The van der Waals surface area contributed by atoms with Crippen molar-refractivity contribution in [1.29, 1.82) is 5.26 Å². The van der Waals surface area contributed by atoms with Crippen molar-refractivity contribution >= 4 is 11.8 Å². The van der Waals surface area contributed by atoms with Gasteiger partial charge in [0.15, 0.2) is 5.82 Å². The molecule has 0 unspecified atom stereocenters. The van der Waals surface area contributed by atoms with E-state index >= 15 is 0 Å². The van der Waals surface area contributed by atoms with Gasteiger partial charge in [-0.25, -0.2) is 0 Å². The van der Waals surface area contributed by atoms with Crippen LogP contribution in [0.3, 0.4) is 0 Å². The third-order valence-corrected chi connectivity index (χ3v) is 2.46. The number of carboxylic acids is 1. The Morgan fingerprint density at radius 2 is 2.17 bits per heavy atom. The molecule has 6 heteroatoms. The summed E-state index contributed by atoms with van der Waals surface area (Å²) >= 11 is 0. The topological polar surface area (TPSA) is 90.1 Å². The van der Waals surface area contributed by atoms with Gasteiger partial charge in [-0.2, -0.15) is 10.4 Å². The van der Waals surface area contributed by atoms with Gasteiger partial charge in [0.25, 0.3) is 0 Å². The van der Waals surface area contributed by atoms with Crippen LogP contribution in [-0.4, -0.2) is 34.4 Å². The van der Waals surface area contributed by atoms with Crippen LogP contribution in [0.4, 0.5) is 5.82 Å². The van der Waals surface area contributed by atoms with E-state index in [4.69, 9.17) is 16.8 Å². The number of carbonyl (C=O) groups is 1. The second kappa shape index (κ2) is 5.65. The zero-order valence-corrected chi connectivity index (χ0v) is 10.1. The van der Waals surface area contributed by atoms with Gasteiger partial charge in [0, 0.05) is 0 Å². The number of anilines is 1. The molecule has 18 heavy (non-hydrogen) atoms. The number of nitrogens with zero attached hydrogens (tertiary/aromatic N) is 4. The van der Waals surface area contributed by atoms with Crippen molar-refractivity contribution < 1.29 is 9.90 Å². The van der Waals surface area contributed by atoms with E-state index in [0.29, 0.717) is 16.8 Å². The predicted octanol–water partition coefficient (Wildman–Crippen LogP) is 0.489. The molecule has 0 fully saturated rings. The van der Waals surface area contributed by atoms with Gasteiger partial charge in [0.05, 0.1) is 12.2 Å². The summed E-state index contributed by atoms with van der Waals surface area (Å²) in [6.07, 6.45) is 5.19. The van der Waals surface area contributed by atoms with Crippen LogP contribution in [-0.2, 0) is 4.79 Å². The third kappa shape index (κ3) is 2.74. The normalized spacial score (nSPS) is 9.33. The Bertz CT molecular complexity index is 554. The molecule has 0 aliphatic carbocycles. The van der Waals surface area contributed by atoms with Crippen LogP contribution in [0.15, 0.2) is 0 Å². The van der Waals surface area contributed by atoms with Crippen LogP contribution in [0, 0.1) is 37.5 Å². The van der Waals surface area contributed by atoms with Crippen molar-refractivity contribution in [3.05, 3.63) is 16.8 Å². The first-order valence-corrected chi connectivity index (χ1v) is 5.15. The first-order valence-electron chi connectivity index (χ1n) is 5.15. The second-order valence-electron chi connectivity index (χ2n) is 3.67. The molecule has 1 N–H and O–H groups in total. The van der Waals surface area contributed by atoms with Gasteiger partial charge in [-0.1, -0.05) is 5.92 Å². The summed E-state index contributed by atoms with van der Waals surface area (Å²) in [6, 6.07) is 2.01. The van der Waals surface area contributed by atoms with Crippen molar-refractivity contribution in [2.24, 2.45) is 0 Å². The highest BCUT2D eigenvalue weighted by Gasteiger charge is 2.18. The van der Waals surface area contributed by atoms with Gasteiger partial charge in [-0.05, 0) is 19.4 Å². The predicted molar refractivity (Wildman–Crippen MR) is 64.9 cm³/mol. The van der Waals surface area contributed by atoms with E-state index in [1.807, 2.05) is 6.07 Å². The Hall–Kier alpha value is -2.60. The van der Waals surface area contributed by atoms with Crippen molar-refractivity contribution in [1.82, 2.24) is 10.2 Å². The number of aliphatic carboxylic acids is 1. The highest BCUT2D eigenvalue weighted by atomic mass is 16.4. The van der Waals surface area contributed by atoms with Crippen LogP contribution in [0.25, 0.3) is 0 Å². The van der Waals surface area contributed by atoms with E-state index in [-0.39, 0.29) is 18.9 Å². The molecule has 92 valence electrons. The molecule has 0 aromatic carbocycles. The fourth-order valence-corrected chi connectivity index (χ4v) is 1.43. The number of aromatic nitrogens is 2. The van der Waals surface area contributed by atoms with Gasteiger partial charge in [-0.3, -0.25) is 4.79 Å². The molecular formula is C12H12N4O2. The first-order chi connectivity index (χ1) is 8.51. The van der Waals surface area contributed by atoms with Crippen molar-refractivity contribution in [2.45, 2.75) is 13.8 Å². The summed E-state index contributed by atoms with van der Waals surface area (Å²) in [7, 11) is 0. The minimum absolute atomic E-state index is 0.0537. The Morgan fingerprint density at radius 3 is 2.67 bits per heavy atom. The van der Waals surface area contributed by atoms with E-state index < -0.39 is 5.97 Å². The summed E-state index contributed by atoms with van der Waals surface area (Å²) in [5.74, 6) is 1.50. The lowest BCUT2D eigenvalue weighted by molar-refractivity contribution is -0.135. The summed E-state index contributed by atoms with van der Waals surface area (Å²) in [6.45, 7) is 3.20. The monoisotopic (exact) mass is 244 g/mol. The standard InChI is InChI=1S/C12H12N4O2/c1-4-5-16(7-11(17)18)12-10(6-13)8(2)9(3)14-15-12/h1H,5,7H2,2-3H3,(H,17,18). The Balaban J connectivity index is 3.29. The summed E-state index contributed by atoms with van der Waals surface area (Å²) in [4.78, 5) is 12.1. The van der Waals surface area contributed by atoms with Crippen LogP contribution in [0.1, 0.15) is 16.8 Å². The highest BCUT2D eigenvalue weighted by Crippen LogP contribution is 2.20. The average molecular weight is 244 g/mol. The van der Waals surface area contributed by atoms with Gasteiger partial charge in [0.1, 0.15) is 18.2 Å². The summed E-state index contributed by atoms with van der Waals surface area (Å²) < 4.78 is 0. The Labute approximate surface area is 105 Å². The molecule has 0 atom stereocenters. The molecule has 1 aromatic rings. The molecule has 0 saturated heterocycles. The quantitative estimate of drug-likeness (QED) is 0.775. The second-order valence-corrected chi connectivity index (χ2v) is 3.67. The zero-order valence-electron chi connectivity index (χ0n) is 10.1. The molecule has 0 saturated carbocycles. The Kier molecular flexibility index (Phi) is 4.22. The van der Waals surface area contributed by atoms with E-state index in [0.717, 1.165) is 0 Å². The van der Waals surface area contributed by atoms with E-state index in [1.165, 1.54) is 4.90 Å². The number of nitriles is 1. The number of hydrogen-bond donors (Lipinski definition) is 1. The molecule has 1 rings (SSSR count). The molecule has 0 amide bonds. The maximum atomic E-state index is 10.8. The summed E-state index contributed by atoms with van der Waals surface area (Å²) in [5.41, 5.74) is 1.61. The molecular weight excluding hydrogens is 232 g/mol. The molecule has 1 aromatic heterocycles. The molecule has 1 heterocycles. The molecule has 0 aliphatic heterocycles. The van der Waals surface area contributed by atoms with E-state index in [9.17, 15) is 4.79 Å². The van der Waals surface area contributed by atoms with Crippen LogP contribution >= 0.6 is 0 Å². The first kappa shape index (κ1) is 13.5. The van der Waals surface area contributed by atoms with Crippen molar-refractivity contribution in [2.75, 3.05) is 18.0 Å². The smallest absolute Gasteiger partial charge is 0.323 e. The van der Waals surface area contributed by atoms with Gasteiger partial charge in [-0.15, -0.1) is 11.5 Å². The van der Waals surface area contributed by atoms with Crippen LogP contribution < -0.4 is 4.90 Å². The summed E-state index contributed by atoms with van der Waals surface area (Å²) in [5, 5.41) is 25.7. The highest BCUT2D eigenvalue weighted by molar-refractivity contribution is 5.74.